The fourth-order valence-electron chi connectivity index (χ4n) is 3.95. The highest BCUT2D eigenvalue weighted by atomic mass is 16.5. The maximum atomic E-state index is 10.4. The van der Waals surface area contributed by atoms with Crippen molar-refractivity contribution >= 4 is 0 Å². The quantitative estimate of drug-likeness (QED) is 0.590. The number of aliphatic hydroxyl groups excluding tert-OH is 2. The molecule has 1 aliphatic rings. The molecule has 0 bridgehead atoms. The van der Waals surface area contributed by atoms with Gasteiger partial charge in [-0.15, -0.1) is 0 Å². The highest BCUT2D eigenvalue weighted by Gasteiger charge is 2.21. The summed E-state index contributed by atoms with van der Waals surface area (Å²) in [6.45, 7) is 13.3. The Labute approximate surface area is 192 Å². The zero-order chi connectivity index (χ0) is 23.1. The van der Waals surface area contributed by atoms with Gasteiger partial charge >= 0.3 is 0 Å². The second-order valence-corrected chi connectivity index (χ2v) is 9.07. The van der Waals surface area contributed by atoms with Gasteiger partial charge in [-0.1, -0.05) is 24.3 Å². The molecule has 1 heterocycles. The van der Waals surface area contributed by atoms with E-state index in [9.17, 15) is 10.2 Å². The summed E-state index contributed by atoms with van der Waals surface area (Å²) in [6.07, 6.45) is -1.06. The van der Waals surface area contributed by atoms with Crippen LogP contribution in [0, 0.1) is 27.7 Å². The summed E-state index contributed by atoms with van der Waals surface area (Å²) >= 11 is 0. The molecule has 3 rings (SSSR count). The Kier molecular flexibility index (Phi) is 8.93. The highest BCUT2D eigenvalue weighted by Crippen LogP contribution is 2.20. The van der Waals surface area contributed by atoms with Gasteiger partial charge in [0.2, 0.25) is 0 Å². The Morgan fingerprint density at radius 2 is 1.06 bits per heavy atom. The third kappa shape index (κ3) is 7.48. The van der Waals surface area contributed by atoms with Crippen LogP contribution in [0.4, 0.5) is 0 Å². The van der Waals surface area contributed by atoms with Crippen molar-refractivity contribution in [2.75, 3.05) is 52.5 Å². The van der Waals surface area contributed by atoms with Gasteiger partial charge in [0.05, 0.1) is 0 Å². The third-order valence-electron chi connectivity index (χ3n) is 5.95. The predicted octanol–water partition coefficient (Wildman–Crippen LogP) is 2.72. The van der Waals surface area contributed by atoms with Crippen LogP contribution in [0.15, 0.2) is 36.4 Å². The van der Waals surface area contributed by atoms with E-state index >= 15 is 0 Å². The van der Waals surface area contributed by atoms with Gasteiger partial charge in [0, 0.05) is 39.3 Å². The summed E-state index contributed by atoms with van der Waals surface area (Å²) in [5.41, 5.74) is 4.46. The fourth-order valence-corrected chi connectivity index (χ4v) is 3.95. The molecule has 176 valence electrons. The lowest BCUT2D eigenvalue weighted by atomic mass is 10.1. The molecule has 6 heteroatoms. The number of hydrogen-bond donors (Lipinski definition) is 2. The van der Waals surface area contributed by atoms with Crippen LogP contribution in [0.2, 0.25) is 0 Å². The van der Waals surface area contributed by atoms with Crippen molar-refractivity contribution in [3.63, 3.8) is 0 Å². The minimum absolute atomic E-state index is 0.291. The Hall–Kier alpha value is -2.12. The Bertz CT molecular complexity index is 793. The molecule has 6 nitrogen and oxygen atoms in total. The van der Waals surface area contributed by atoms with E-state index in [1.807, 2.05) is 52.0 Å². The molecule has 2 aromatic carbocycles. The van der Waals surface area contributed by atoms with E-state index < -0.39 is 12.2 Å². The highest BCUT2D eigenvalue weighted by molar-refractivity contribution is 5.36. The van der Waals surface area contributed by atoms with Gasteiger partial charge in [-0.25, -0.2) is 0 Å². The molecule has 0 aliphatic carbocycles. The Morgan fingerprint density at radius 3 is 1.44 bits per heavy atom. The molecule has 32 heavy (non-hydrogen) atoms. The standard InChI is InChI=1S/C26H38N2O4/c1-19-5-7-21(3)25(13-19)31-17-23(29)15-27-9-11-28(12-10-27)16-24(30)18-32-26-14-20(2)6-8-22(26)4/h5-8,13-14,23-24,29-30H,9-12,15-18H2,1-4H3/t23-,24-/m0/s1. The monoisotopic (exact) mass is 442 g/mol. The normalized spacial score (nSPS) is 17.2. The van der Waals surface area contributed by atoms with E-state index in [1.54, 1.807) is 0 Å². The second-order valence-electron chi connectivity index (χ2n) is 9.07. The minimum Gasteiger partial charge on any atom is -0.491 e. The molecule has 2 aromatic rings. The SMILES string of the molecule is Cc1ccc(C)c(OC[C@@H](O)CN2CCN(C[C@H](O)COc3cc(C)ccc3C)CC2)c1. The van der Waals surface area contributed by atoms with Gasteiger partial charge in [-0.2, -0.15) is 0 Å². The second kappa shape index (κ2) is 11.7. The number of nitrogens with zero attached hydrogens (tertiary/aromatic N) is 2. The van der Waals surface area contributed by atoms with Crippen LogP contribution in [-0.2, 0) is 0 Å². The van der Waals surface area contributed by atoms with Crippen molar-refractivity contribution in [3.05, 3.63) is 58.7 Å². The number of piperazine rings is 1. The summed E-state index contributed by atoms with van der Waals surface area (Å²) in [5.74, 6) is 1.68. The van der Waals surface area contributed by atoms with Crippen LogP contribution >= 0.6 is 0 Å². The number of benzene rings is 2. The van der Waals surface area contributed by atoms with E-state index in [-0.39, 0.29) is 0 Å². The summed E-state index contributed by atoms with van der Waals surface area (Å²) in [5, 5.41) is 20.8. The molecule has 0 amide bonds. The molecule has 1 saturated heterocycles. The Morgan fingerprint density at radius 1 is 0.688 bits per heavy atom. The average molecular weight is 443 g/mol. The minimum atomic E-state index is -0.530. The number of β-amino-alcohol motifs (C(OH)–C–C–N with tert-alkyl or cyclic N) is 2. The van der Waals surface area contributed by atoms with Crippen LogP contribution in [0.1, 0.15) is 22.3 Å². The average Bonchev–Trinajstić information content (AvgIpc) is 2.76. The summed E-state index contributed by atoms with van der Waals surface area (Å²) < 4.78 is 11.7. The molecule has 2 N–H and O–H groups in total. The first-order chi connectivity index (χ1) is 15.3. The predicted molar refractivity (Wildman–Crippen MR) is 128 cm³/mol. The maximum Gasteiger partial charge on any atom is 0.122 e. The van der Waals surface area contributed by atoms with Crippen molar-refractivity contribution in [1.82, 2.24) is 9.80 Å². The first-order valence-corrected chi connectivity index (χ1v) is 11.5. The number of rotatable bonds is 10. The molecular formula is C26H38N2O4. The zero-order valence-electron chi connectivity index (χ0n) is 19.9. The van der Waals surface area contributed by atoms with Crippen molar-refractivity contribution < 1.29 is 19.7 Å². The van der Waals surface area contributed by atoms with E-state index in [2.05, 4.69) is 21.9 Å². The van der Waals surface area contributed by atoms with Crippen LogP contribution in [0.5, 0.6) is 11.5 Å². The van der Waals surface area contributed by atoms with Crippen molar-refractivity contribution in [2.45, 2.75) is 39.9 Å². The molecule has 0 radical (unpaired) electrons. The van der Waals surface area contributed by atoms with Gasteiger partial charge in [0.15, 0.2) is 0 Å². The first kappa shape index (κ1) is 24.5. The lowest BCUT2D eigenvalue weighted by molar-refractivity contribution is 0.0239. The molecular weight excluding hydrogens is 404 g/mol. The van der Waals surface area contributed by atoms with Crippen molar-refractivity contribution in [1.29, 1.82) is 0 Å². The van der Waals surface area contributed by atoms with Crippen LogP contribution in [0.3, 0.4) is 0 Å². The molecule has 0 saturated carbocycles. The number of hydrogen-bond acceptors (Lipinski definition) is 6. The molecule has 2 atom stereocenters. The summed E-state index contributed by atoms with van der Waals surface area (Å²) in [4.78, 5) is 4.51. The van der Waals surface area contributed by atoms with Gasteiger partial charge < -0.3 is 19.7 Å². The molecule has 0 aromatic heterocycles. The summed E-state index contributed by atoms with van der Waals surface area (Å²) in [7, 11) is 0. The van der Waals surface area contributed by atoms with Crippen molar-refractivity contribution in [2.24, 2.45) is 0 Å². The lowest BCUT2D eigenvalue weighted by Crippen LogP contribution is -2.51. The Balaban J connectivity index is 1.34. The molecule has 0 spiro atoms. The van der Waals surface area contributed by atoms with Gasteiger partial charge in [0.1, 0.15) is 36.9 Å². The largest absolute Gasteiger partial charge is 0.491 e. The van der Waals surface area contributed by atoms with E-state index in [0.29, 0.717) is 26.3 Å². The zero-order valence-corrected chi connectivity index (χ0v) is 19.9. The number of aliphatic hydroxyl groups is 2. The van der Waals surface area contributed by atoms with Crippen LogP contribution in [0.25, 0.3) is 0 Å². The fraction of sp³-hybridized carbons (Fsp3) is 0.538. The van der Waals surface area contributed by atoms with Crippen LogP contribution < -0.4 is 9.47 Å². The number of ether oxygens (including phenoxy) is 2. The van der Waals surface area contributed by atoms with Gasteiger partial charge in [0.25, 0.3) is 0 Å². The molecule has 1 fully saturated rings. The number of aryl methyl sites for hydroxylation is 4. The summed E-state index contributed by atoms with van der Waals surface area (Å²) in [6, 6.07) is 12.2. The van der Waals surface area contributed by atoms with E-state index in [0.717, 1.165) is 59.9 Å². The van der Waals surface area contributed by atoms with Crippen LogP contribution in [-0.4, -0.2) is 84.7 Å². The van der Waals surface area contributed by atoms with Gasteiger partial charge in [-0.3, -0.25) is 9.80 Å². The molecule has 1 aliphatic heterocycles. The van der Waals surface area contributed by atoms with E-state index in [4.69, 9.17) is 9.47 Å². The topological polar surface area (TPSA) is 65.4 Å². The third-order valence-corrected chi connectivity index (χ3v) is 5.95. The lowest BCUT2D eigenvalue weighted by Gasteiger charge is -2.36. The van der Waals surface area contributed by atoms with Crippen molar-refractivity contribution in [3.8, 4) is 11.5 Å². The molecule has 0 unspecified atom stereocenters. The van der Waals surface area contributed by atoms with Gasteiger partial charge in [-0.05, 0) is 62.1 Å². The maximum absolute atomic E-state index is 10.4. The van der Waals surface area contributed by atoms with E-state index in [1.165, 1.54) is 0 Å². The smallest absolute Gasteiger partial charge is 0.122 e. The first-order valence-electron chi connectivity index (χ1n) is 11.5.